The standard InChI is InChI=1S/C23H18BrN3O5/c1-31-17-12-8-16(9-13-17)26-21(28)22(29)27-25-14-15-6-10-18(11-7-15)32-23(30)19-4-2-3-5-20(19)24/h2-14H,1H3,(H,26,28)(H,27,29)/b25-14+. The molecule has 3 rings (SSSR count). The molecule has 32 heavy (non-hydrogen) atoms. The van der Waals surface area contributed by atoms with Crippen molar-refractivity contribution in [2.24, 2.45) is 5.10 Å². The van der Waals surface area contributed by atoms with E-state index in [1.807, 2.05) is 0 Å². The van der Waals surface area contributed by atoms with E-state index in [0.29, 0.717) is 32.8 Å². The van der Waals surface area contributed by atoms with Crippen molar-refractivity contribution in [3.05, 3.63) is 88.4 Å². The summed E-state index contributed by atoms with van der Waals surface area (Å²) in [5.41, 5.74) is 3.64. The Bertz CT molecular complexity index is 1150. The van der Waals surface area contributed by atoms with E-state index >= 15 is 0 Å². The summed E-state index contributed by atoms with van der Waals surface area (Å²) in [6.07, 6.45) is 1.36. The van der Waals surface area contributed by atoms with Crippen LogP contribution >= 0.6 is 15.9 Å². The third-order valence-corrected chi connectivity index (χ3v) is 4.81. The Kier molecular flexibility index (Phi) is 7.71. The van der Waals surface area contributed by atoms with Crippen LogP contribution < -0.4 is 20.2 Å². The second-order valence-corrected chi connectivity index (χ2v) is 7.17. The van der Waals surface area contributed by atoms with Gasteiger partial charge in [0.25, 0.3) is 0 Å². The van der Waals surface area contributed by atoms with E-state index in [4.69, 9.17) is 9.47 Å². The molecule has 0 fully saturated rings. The van der Waals surface area contributed by atoms with Crippen molar-refractivity contribution in [3.8, 4) is 11.5 Å². The van der Waals surface area contributed by atoms with E-state index in [9.17, 15) is 14.4 Å². The third kappa shape index (κ3) is 6.26. The zero-order valence-electron chi connectivity index (χ0n) is 16.9. The number of halogens is 1. The molecular weight excluding hydrogens is 478 g/mol. The number of rotatable bonds is 6. The highest BCUT2D eigenvalue weighted by atomic mass is 79.9. The second kappa shape index (κ2) is 10.9. The van der Waals surface area contributed by atoms with Crippen LogP contribution in [0.4, 0.5) is 5.69 Å². The average Bonchev–Trinajstić information content (AvgIpc) is 2.80. The molecule has 2 amide bonds. The normalized spacial score (nSPS) is 10.4. The van der Waals surface area contributed by atoms with E-state index in [-0.39, 0.29) is 0 Å². The molecule has 0 aromatic heterocycles. The SMILES string of the molecule is COc1ccc(NC(=O)C(=O)N/N=C/c2ccc(OC(=O)c3ccccc3Br)cc2)cc1. The molecule has 162 valence electrons. The lowest BCUT2D eigenvalue weighted by atomic mass is 10.2. The van der Waals surface area contributed by atoms with Crippen molar-refractivity contribution < 1.29 is 23.9 Å². The third-order valence-electron chi connectivity index (χ3n) is 4.12. The van der Waals surface area contributed by atoms with Gasteiger partial charge in [0.1, 0.15) is 11.5 Å². The molecule has 2 N–H and O–H groups in total. The zero-order chi connectivity index (χ0) is 22.9. The average molecular weight is 496 g/mol. The Hall–Kier alpha value is -3.98. The summed E-state index contributed by atoms with van der Waals surface area (Å²) in [6, 6.07) is 20.0. The monoisotopic (exact) mass is 495 g/mol. The lowest BCUT2D eigenvalue weighted by molar-refractivity contribution is -0.136. The Labute approximate surface area is 192 Å². The van der Waals surface area contributed by atoms with Gasteiger partial charge in [0.15, 0.2) is 0 Å². The number of hydrazone groups is 1. The molecule has 0 saturated heterocycles. The van der Waals surface area contributed by atoms with Gasteiger partial charge < -0.3 is 14.8 Å². The molecule has 9 heteroatoms. The minimum atomic E-state index is -0.920. The highest BCUT2D eigenvalue weighted by Gasteiger charge is 2.13. The van der Waals surface area contributed by atoms with Gasteiger partial charge in [-0.15, -0.1) is 0 Å². The molecule has 0 atom stereocenters. The summed E-state index contributed by atoms with van der Waals surface area (Å²) in [7, 11) is 1.53. The van der Waals surface area contributed by atoms with Gasteiger partial charge in [-0.1, -0.05) is 12.1 Å². The summed E-state index contributed by atoms with van der Waals surface area (Å²) in [6.45, 7) is 0. The molecule has 0 saturated carbocycles. The summed E-state index contributed by atoms with van der Waals surface area (Å²) < 4.78 is 11.0. The van der Waals surface area contributed by atoms with Crippen molar-refractivity contribution >= 4 is 45.6 Å². The molecular formula is C23H18BrN3O5. The van der Waals surface area contributed by atoms with E-state index < -0.39 is 17.8 Å². The first-order valence-corrected chi connectivity index (χ1v) is 10.1. The highest BCUT2D eigenvalue weighted by molar-refractivity contribution is 9.10. The number of ether oxygens (including phenoxy) is 2. The number of esters is 1. The van der Waals surface area contributed by atoms with Crippen LogP contribution in [0.3, 0.4) is 0 Å². The van der Waals surface area contributed by atoms with Gasteiger partial charge in [-0.05, 0) is 82.2 Å². The minimum absolute atomic E-state index is 0.353. The van der Waals surface area contributed by atoms with Gasteiger partial charge in [-0.2, -0.15) is 5.10 Å². The van der Waals surface area contributed by atoms with Crippen LogP contribution in [0.5, 0.6) is 11.5 Å². The first-order valence-electron chi connectivity index (χ1n) is 9.31. The fourth-order valence-corrected chi connectivity index (χ4v) is 2.94. The largest absolute Gasteiger partial charge is 0.497 e. The quantitative estimate of drug-likeness (QED) is 0.178. The molecule has 0 aliphatic rings. The summed E-state index contributed by atoms with van der Waals surface area (Å²) in [5, 5.41) is 6.21. The predicted octanol–water partition coefficient (Wildman–Crippen LogP) is 3.77. The van der Waals surface area contributed by atoms with Crippen LogP contribution in [0.25, 0.3) is 0 Å². The maximum absolute atomic E-state index is 12.2. The van der Waals surface area contributed by atoms with Crippen LogP contribution in [0.15, 0.2) is 82.4 Å². The number of carbonyl (C=O) groups is 3. The number of nitrogens with zero attached hydrogens (tertiary/aromatic N) is 1. The Morgan fingerprint density at radius 3 is 2.19 bits per heavy atom. The number of anilines is 1. The number of hydrogen-bond donors (Lipinski definition) is 2. The first kappa shape index (κ1) is 22.7. The van der Waals surface area contributed by atoms with Gasteiger partial charge in [-0.3, -0.25) is 9.59 Å². The maximum Gasteiger partial charge on any atom is 0.344 e. The molecule has 0 aliphatic carbocycles. The van der Waals surface area contributed by atoms with E-state index in [2.05, 4.69) is 31.8 Å². The fourth-order valence-electron chi connectivity index (χ4n) is 2.49. The second-order valence-electron chi connectivity index (χ2n) is 6.32. The van der Waals surface area contributed by atoms with Crippen molar-refractivity contribution in [1.82, 2.24) is 5.43 Å². The van der Waals surface area contributed by atoms with Gasteiger partial charge in [-0.25, -0.2) is 10.2 Å². The lowest BCUT2D eigenvalue weighted by Crippen LogP contribution is -2.32. The molecule has 3 aromatic rings. The molecule has 3 aromatic carbocycles. The van der Waals surface area contributed by atoms with E-state index in [1.54, 1.807) is 72.8 Å². The Balaban J connectivity index is 1.50. The van der Waals surface area contributed by atoms with Crippen molar-refractivity contribution in [2.45, 2.75) is 0 Å². The van der Waals surface area contributed by atoms with Crippen LogP contribution in [0.2, 0.25) is 0 Å². The van der Waals surface area contributed by atoms with Gasteiger partial charge in [0.2, 0.25) is 0 Å². The van der Waals surface area contributed by atoms with Crippen LogP contribution in [-0.2, 0) is 9.59 Å². The smallest absolute Gasteiger partial charge is 0.344 e. The molecule has 8 nitrogen and oxygen atoms in total. The van der Waals surface area contributed by atoms with Crippen molar-refractivity contribution in [1.29, 1.82) is 0 Å². The topological polar surface area (TPSA) is 106 Å². The van der Waals surface area contributed by atoms with Crippen LogP contribution in [-0.4, -0.2) is 31.1 Å². The number of nitrogens with one attached hydrogen (secondary N) is 2. The molecule has 0 bridgehead atoms. The number of methoxy groups -OCH3 is 1. The lowest BCUT2D eigenvalue weighted by Gasteiger charge is -2.06. The summed E-state index contributed by atoms with van der Waals surface area (Å²) in [5.74, 6) is -1.29. The number of hydrogen-bond acceptors (Lipinski definition) is 6. The molecule has 0 spiro atoms. The van der Waals surface area contributed by atoms with Crippen molar-refractivity contribution in [2.75, 3.05) is 12.4 Å². The maximum atomic E-state index is 12.2. The molecule has 0 heterocycles. The van der Waals surface area contributed by atoms with Gasteiger partial charge >= 0.3 is 17.8 Å². The minimum Gasteiger partial charge on any atom is -0.497 e. The van der Waals surface area contributed by atoms with E-state index in [1.165, 1.54) is 13.3 Å². The zero-order valence-corrected chi connectivity index (χ0v) is 18.5. The van der Waals surface area contributed by atoms with Crippen LogP contribution in [0, 0.1) is 0 Å². The Morgan fingerprint density at radius 2 is 1.53 bits per heavy atom. The molecule has 0 aliphatic heterocycles. The summed E-state index contributed by atoms with van der Waals surface area (Å²) in [4.78, 5) is 36.0. The predicted molar refractivity (Wildman–Crippen MR) is 123 cm³/mol. The summed E-state index contributed by atoms with van der Waals surface area (Å²) >= 11 is 3.31. The van der Waals surface area contributed by atoms with Crippen LogP contribution in [0.1, 0.15) is 15.9 Å². The van der Waals surface area contributed by atoms with Gasteiger partial charge in [0, 0.05) is 10.2 Å². The number of carbonyl (C=O) groups excluding carboxylic acids is 3. The van der Waals surface area contributed by atoms with Crippen molar-refractivity contribution in [3.63, 3.8) is 0 Å². The Morgan fingerprint density at radius 1 is 0.875 bits per heavy atom. The fraction of sp³-hybridized carbons (Fsp3) is 0.0435. The highest BCUT2D eigenvalue weighted by Crippen LogP contribution is 2.19. The van der Waals surface area contributed by atoms with Gasteiger partial charge in [0.05, 0.1) is 18.9 Å². The number of benzene rings is 3. The number of amides is 2. The molecule has 0 radical (unpaired) electrons. The van der Waals surface area contributed by atoms with E-state index in [0.717, 1.165) is 0 Å². The molecule has 0 unspecified atom stereocenters. The first-order chi connectivity index (χ1) is 15.5.